The Kier molecular flexibility index (Phi) is 2.47. The summed E-state index contributed by atoms with van der Waals surface area (Å²) in [5.41, 5.74) is 2.72. The maximum atomic E-state index is 10.7. The Labute approximate surface area is 82.3 Å². The molecule has 4 nitrogen and oxygen atoms in total. The Hall–Kier alpha value is -1.58. The Morgan fingerprint density at radius 3 is 1.86 bits per heavy atom. The topological polar surface area (TPSA) is 63.4 Å². The molecule has 0 amide bonds. The van der Waals surface area contributed by atoms with Crippen LogP contribution < -0.4 is 0 Å². The van der Waals surface area contributed by atoms with Crippen molar-refractivity contribution in [3.05, 3.63) is 32.4 Å². The van der Waals surface area contributed by atoms with E-state index in [-0.39, 0.29) is 11.4 Å². The summed E-state index contributed by atoms with van der Waals surface area (Å²) in [6.45, 7) is 7.01. The quantitative estimate of drug-likeness (QED) is 0.553. The van der Waals surface area contributed by atoms with Crippen LogP contribution in [0.2, 0.25) is 0 Å². The van der Waals surface area contributed by atoms with Gasteiger partial charge in [-0.1, -0.05) is 0 Å². The standard InChI is InChI=1S/C10H13NO3/c1-5-6(2)8(4)10(12)9(7(5)3)11(13)14/h12H,1-4H3. The van der Waals surface area contributed by atoms with Crippen molar-refractivity contribution in [3.63, 3.8) is 0 Å². The minimum absolute atomic E-state index is 0.175. The molecule has 1 N–H and O–H groups in total. The molecular formula is C10H13NO3. The van der Waals surface area contributed by atoms with E-state index in [1.165, 1.54) is 0 Å². The van der Waals surface area contributed by atoms with Crippen LogP contribution in [0.15, 0.2) is 0 Å². The third-order valence-corrected chi connectivity index (χ3v) is 2.80. The van der Waals surface area contributed by atoms with Gasteiger partial charge < -0.3 is 5.11 Å². The summed E-state index contributed by atoms with van der Waals surface area (Å²) in [5, 5.41) is 20.3. The fraction of sp³-hybridized carbons (Fsp3) is 0.400. The van der Waals surface area contributed by atoms with Gasteiger partial charge >= 0.3 is 5.69 Å². The van der Waals surface area contributed by atoms with Gasteiger partial charge in [-0.3, -0.25) is 10.1 Å². The van der Waals surface area contributed by atoms with E-state index in [1.54, 1.807) is 13.8 Å². The number of benzene rings is 1. The highest BCUT2D eigenvalue weighted by atomic mass is 16.6. The number of phenols is 1. The van der Waals surface area contributed by atoms with Gasteiger partial charge in [0, 0.05) is 11.1 Å². The number of hydrogen-bond acceptors (Lipinski definition) is 3. The molecule has 0 aliphatic rings. The van der Waals surface area contributed by atoms with Crippen molar-refractivity contribution in [3.8, 4) is 5.75 Å². The van der Waals surface area contributed by atoms with Crippen molar-refractivity contribution in [2.75, 3.05) is 0 Å². The summed E-state index contributed by atoms with van der Waals surface area (Å²) in [5.74, 6) is -0.212. The van der Waals surface area contributed by atoms with Gasteiger partial charge in [-0.25, -0.2) is 0 Å². The lowest BCUT2D eigenvalue weighted by Gasteiger charge is -2.10. The summed E-state index contributed by atoms with van der Waals surface area (Å²) in [4.78, 5) is 10.2. The Bertz CT molecular complexity index is 381. The smallest absolute Gasteiger partial charge is 0.314 e. The summed E-state index contributed by atoms with van der Waals surface area (Å²) < 4.78 is 0. The number of nitro groups is 1. The van der Waals surface area contributed by atoms with Gasteiger partial charge in [0.05, 0.1) is 4.92 Å². The first kappa shape index (κ1) is 10.5. The number of rotatable bonds is 1. The van der Waals surface area contributed by atoms with Gasteiger partial charge in [-0.2, -0.15) is 0 Å². The van der Waals surface area contributed by atoms with E-state index in [0.29, 0.717) is 11.1 Å². The molecule has 4 heteroatoms. The first-order valence-corrected chi connectivity index (χ1v) is 4.31. The first-order chi connectivity index (χ1) is 6.37. The zero-order chi connectivity index (χ0) is 11.0. The second-order valence-electron chi connectivity index (χ2n) is 3.45. The monoisotopic (exact) mass is 195 g/mol. The third-order valence-electron chi connectivity index (χ3n) is 2.80. The van der Waals surface area contributed by atoms with Crippen molar-refractivity contribution in [1.82, 2.24) is 0 Å². The van der Waals surface area contributed by atoms with Crippen molar-refractivity contribution in [2.24, 2.45) is 0 Å². The van der Waals surface area contributed by atoms with Gasteiger partial charge in [0.25, 0.3) is 0 Å². The van der Waals surface area contributed by atoms with E-state index in [1.807, 2.05) is 13.8 Å². The van der Waals surface area contributed by atoms with E-state index < -0.39 is 4.92 Å². The first-order valence-electron chi connectivity index (χ1n) is 4.31. The van der Waals surface area contributed by atoms with Crippen LogP contribution in [-0.4, -0.2) is 10.0 Å². The van der Waals surface area contributed by atoms with Crippen molar-refractivity contribution < 1.29 is 10.0 Å². The molecule has 1 aromatic carbocycles. The van der Waals surface area contributed by atoms with E-state index in [9.17, 15) is 15.2 Å². The molecule has 0 fully saturated rings. The van der Waals surface area contributed by atoms with Crippen LogP contribution in [0, 0.1) is 37.8 Å². The summed E-state index contributed by atoms with van der Waals surface area (Å²) in [7, 11) is 0. The fourth-order valence-corrected chi connectivity index (χ4v) is 1.50. The highest BCUT2D eigenvalue weighted by Gasteiger charge is 2.22. The highest BCUT2D eigenvalue weighted by Crippen LogP contribution is 2.37. The molecule has 0 atom stereocenters. The SMILES string of the molecule is Cc1c(C)c(C)c([N+](=O)[O-])c(O)c1C. The molecule has 0 bridgehead atoms. The van der Waals surface area contributed by atoms with Crippen LogP contribution in [-0.2, 0) is 0 Å². The van der Waals surface area contributed by atoms with Crippen LogP contribution in [0.3, 0.4) is 0 Å². The molecular weight excluding hydrogens is 182 g/mol. The average molecular weight is 195 g/mol. The van der Waals surface area contributed by atoms with Crippen LogP contribution >= 0.6 is 0 Å². The van der Waals surface area contributed by atoms with Crippen molar-refractivity contribution in [1.29, 1.82) is 0 Å². The van der Waals surface area contributed by atoms with Crippen LogP contribution in [0.5, 0.6) is 5.75 Å². The molecule has 0 spiro atoms. The summed E-state index contributed by atoms with van der Waals surface area (Å²) in [6.07, 6.45) is 0. The molecule has 1 rings (SSSR count). The molecule has 0 saturated heterocycles. The number of nitro benzene ring substituents is 1. The maximum absolute atomic E-state index is 10.7. The average Bonchev–Trinajstić information content (AvgIpc) is 2.11. The minimum atomic E-state index is -0.538. The van der Waals surface area contributed by atoms with Gasteiger partial charge in [-0.05, 0) is 38.8 Å². The van der Waals surface area contributed by atoms with E-state index in [4.69, 9.17) is 0 Å². The number of phenolic OH excluding ortho intramolecular Hbond substituents is 1. The van der Waals surface area contributed by atoms with E-state index in [0.717, 1.165) is 11.1 Å². The van der Waals surface area contributed by atoms with Crippen LogP contribution in [0.1, 0.15) is 22.3 Å². The zero-order valence-corrected chi connectivity index (χ0v) is 8.71. The largest absolute Gasteiger partial charge is 0.502 e. The zero-order valence-electron chi connectivity index (χ0n) is 8.71. The van der Waals surface area contributed by atoms with E-state index >= 15 is 0 Å². The lowest BCUT2D eigenvalue weighted by molar-refractivity contribution is -0.386. The normalized spacial score (nSPS) is 10.3. The molecule has 14 heavy (non-hydrogen) atoms. The second kappa shape index (κ2) is 3.29. The highest BCUT2D eigenvalue weighted by molar-refractivity contribution is 5.61. The third kappa shape index (κ3) is 1.32. The number of nitrogens with zero attached hydrogens (tertiary/aromatic N) is 1. The van der Waals surface area contributed by atoms with Crippen molar-refractivity contribution >= 4 is 5.69 Å². The molecule has 0 aliphatic heterocycles. The molecule has 0 unspecified atom stereocenters. The van der Waals surface area contributed by atoms with Gasteiger partial charge in [0.1, 0.15) is 0 Å². The predicted octanol–water partition coefficient (Wildman–Crippen LogP) is 2.53. The Morgan fingerprint density at radius 2 is 1.43 bits per heavy atom. The molecule has 0 aromatic heterocycles. The van der Waals surface area contributed by atoms with Gasteiger partial charge in [0.2, 0.25) is 0 Å². The molecule has 0 radical (unpaired) electrons. The molecule has 0 saturated carbocycles. The molecule has 0 heterocycles. The summed E-state index contributed by atoms with van der Waals surface area (Å²) >= 11 is 0. The summed E-state index contributed by atoms with van der Waals surface area (Å²) in [6, 6.07) is 0. The second-order valence-corrected chi connectivity index (χ2v) is 3.45. The Morgan fingerprint density at radius 1 is 1.00 bits per heavy atom. The van der Waals surface area contributed by atoms with Crippen molar-refractivity contribution in [2.45, 2.75) is 27.7 Å². The van der Waals surface area contributed by atoms with E-state index in [2.05, 4.69) is 0 Å². The fourth-order valence-electron chi connectivity index (χ4n) is 1.50. The van der Waals surface area contributed by atoms with Crippen LogP contribution in [0.4, 0.5) is 5.69 Å². The minimum Gasteiger partial charge on any atom is -0.502 e. The molecule has 1 aromatic rings. The predicted molar refractivity (Wildman–Crippen MR) is 53.7 cm³/mol. The molecule has 0 aliphatic carbocycles. The molecule has 76 valence electrons. The number of aromatic hydroxyl groups is 1. The maximum Gasteiger partial charge on any atom is 0.314 e. The lowest BCUT2D eigenvalue weighted by Crippen LogP contribution is -1.99. The number of hydrogen-bond donors (Lipinski definition) is 1. The Balaban J connectivity index is 3.68. The lowest BCUT2D eigenvalue weighted by atomic mass is 9.97. The van der Waals surface area contributed by atoms with Crippen LogP contribution in [0.25, 0.3) is 0 Å². The van der Waals surface area contributed by atoms with Gasteiger partial charge in [0.15, 0.2) is 5.75 Å². The van der Waals surface area contributed by atoms with Gasteiger partial charge in [-0.15, -0.1) is 0 Å².